The monoisotopic (exact) mass is 305 g/mol. The molecule has 0 bridgehead atoms. The van der Waals surface area contributed by atoms with Gasteiger partial charge in [0.25, 0.3) is 8.17 Å². The third-order valence-corrected chi connectivity index (χ3v) is 3.56. The lowest BCUT2D eigenvalue weighted by Crippen LogP contribution is -1.97. The van der Waals surface area contributed by atoms with Crippen molar-refractivity contribution in [2.45, 2.75) is 12.8 Å². The molecule has 2 rings (SSSR count). The summed E-state index contributed by atoms with van der Waals surface area (Å²) in [4.78, 5) is 10.5. The smallest absolute Gasteiger partial charge is 0.303 e. The molecule has 6 heteroatoms. The van der Waals surface area contributed by atoms with Gasteiger partial charge in [-0.1, -0.05) is 30.3 Å². The molecule has 0 saturated carbocycles. The highest BCUT2D eigenvalue weighted by atomic mass is 31.1. The number of aliphatic carboxylic acids is 1. The van der Waals surface area contributed by atoms with E-state index in [0.717, 1.165) is 5.56 Å². The fraction of sp³-hybridized carbons (Fsp3) is 0.133. The molecule has 0 aliphatic rings. The van der Waals surface area contributed by atoms with E-state index in [-0.39, 0.29) is 6.42 Å². The van der Waals surface area contributed by atoms with E-state index in [4.69, 9.17) is 19.3 Å². The molecule has 0 amide bonds. The fourth-order valence-corrected chi connectivity index (χ4v) is 2.44. The molecule has 0 fully saturated rings. The summed E-state index contributed by atoms with van der Waals surface area (Å²) in [5, 5.41) is 16.4. The first-order valence-corrected chi connectivity index (χ1v) is 7.75. The van der Waals surface area contributed by atoms with E-state index in [0.29, 0.717) is 17.9 Å². The standard InChI is InChI=1S/C15H16NO4P/c16-21(19-13-4-2-1-3-5-13)20-14-9-6-12(7-10-14)8-11-15(17)18/h1-7,9-10,16,21H,8,11H2,(H,17,18). The lowest BCUT2D eigenvalue weighted by atomic mass is 10.1. The molecule has 2 N–H and O–H groups in total. The van der Waals surface area contributed by atoms with Crippen LogP contribution in [0.4, 0.5) is 0 Å². The average Bonchev–Trinajstić information content (AvgIpc) is 2.47. The van der Waals surface area contributed by atoms with Gasteiger partial charge in [-0.15, -0.1) is 0 Å². The van der Waals surface area contributed by atoms with Crippen molar-refractivity contribution in [2.24, 2.45) is 0 Å². The second kappa shape index (κ2) is 7.50. The molecule has 110 valence electrons. The Morgan fingerprint density at radius 2 is 1.57 bits per heavy atom. The molecular formula is C15H16NO4P. The van der Waals surface area contributed by atoms with Gasteiger partial charge in [-0.2, -0.15) is 0 Å². The molecule has 0 aromatic heterocycles. The highest BCUT2D eigenvalue weighted by Gasteiger charge is 2.02. The van der Waals surface area contributed by atoms with Gasteiger partial charge in [0, 0.05) is 6.42 Å². The Hall–Kier alpha value is -2.26. The van der Waals surface area contributed by atoms with Crippen LogP contribution in [0.3, 0.4) is 0 Å². The summed E-state index contributed by atoms with van der Waals surface area (Å²) < 4.78 is 10.8. The van der Waals surface area contributed by atoms with Crippen LogP contribution in [0.25, 0.3) is 0 Å². The van der Waals surface area contributed by atoms with Crippen LogP contribution >= 0.6 is 8.17 Å². The van der Waals surface area contributed by atoms with Crippen LogP contribution in [0.5, 0.6) is 11.5 Å². The predicted molar refractivity (Wildman–Crippen MR) is 81.1 cm³/mol. The fourth-order valence-electron chi connectivity index (χ4n) is 1.70. The molecule has 5 nitrogen and oxygen atoms in total. The first-order chi connectivity index (χ1) is 10.1. The number of hydrogen-bond donors (Lipinski definition) is 2. The largest absolute Gasteiger partial charge is 0.481 e. The zero-order valence-corrected chi connectivity index (χ0v) is 12.3. The highest BCUT2D eigenvalue weighted by Crippen LogP contribution is 2.30. The first kappa shape index (κ1) is 15.1. The van der Waals surface area contributed by atoms with E-state index in [2.05, 4.69) is 0 Å². The van der Waals surface area contributed by atoms with E-state index < -0.39 is 14.1 Å². The Kier molecular flexibility index (Phi) is 5.41. The second-order valence-electron chi connectivity index (χ2n) is 4.34. The number of carbonyl (C=O) groups is 1. The number of rotatable bonds is 7. The number of para-hydroxylation sites is 1. The van der Waals surface area contributed by atoms with E-state index >= 15 is 0 Å². The third-order valence-electron chi connectivity index (χ3n) is 2.72. The molecule has 0 heterocycles. The number of benzene rings is 2. The second-order valence-corrected chi connectivity index (χ2v) is 5.33. The van der Waals surface area contributed by atoms with Crippen molar-refractivity contribution >= 4 is 14.1 Å². The van der Waals surface area contributed by atoms with Crippen molar-refractivity contribution < 1.29 is 18.9 Å². The minimum absolute atomic E-state index is 0.102. The van der Waals surface area contributed by atoms with Crippen molar-refractivity contribution in [1.82, 2.24) is 0 Å². The number of nitrogens with one attached hydrogen (secondary N) is 1. The van der Waals surface area contributed by atoms with Gasteiger partial charge in [0.15, 0.2) is 0 Å². The maximum Gasteiger partial charge on any atom is 0.303 e. The summed E-state index contributed by atoms with van der Waals surface area (Å²) in [5.74, 6) is 0.344. The Balaban J connectivity index is 1.88. The molecule has 0 spiro atoms. The van der Waals surface area contributed by atoms with E-state index in [1.54, 1.807) is 36.4 Å². The first-order valence-electron chi connectivity index (χ1n) is 6.43. The summed E-state index contributed by atoms with van der Waals surface area (Å²) in [6.07, 6.45) is 0.583. The molecule has 0 aliphatic carbocycles. The van der Waals surface area contributed by atoms with Crippen molar-refractivity contribution in [1.29, 1.82) is 5.16 Å². The van der Waals surface area contributed by atoms with E-state index in [1.807, 2.05) is 18.2 Å². The normalized spacial score (nSPS) is 11.6. The van der Waals surface area contributed by atoms with Crippen molar-refractivity contribution in [3.05, 3.63) is 60.2 Å². The Morgan fingerprint density at radius 1 is 1.00 bits per heavy atom. The molecule has 0 aliphatic heterocycles. The molecule has 2 aromatic carbocycles. The SMILES string of the molecule is N=[PH](Oc1ccccc1)Oc1ccc(CCC(=O)O)cc1. The van der Waals surface area contributed by atoms with Crippen molar-refractivity contribution in [3.8, 4) is 11.5 Å². The third kappa shape index (κ3) is 5.32. The molecule has 2 aromatic rings. The topological polar surface area (TPSA) is 79.6 Å². The van der Waals surface area contributed by atoms with Crippen LogP contribution in [0, 0.1) is 5.16 Å². The van der Waals surface area contributed by atoms with Crippen LogP contribution in [0.2, 0.25) is 0 Å². The van der Waals surface area contributed by atoms with Gasteiger partial charge in [-0.25, -0.2) is 0 Å². The molecule has 0 radical (unpaired) electrons. The van der Waals surface area contributed by atoms with Gasteiger partial charge in [0.1, 0.15) is 11.5 Å². The number of carboxylic acid groups (broad SMARTS) is 1. The summed E-state index contributed by atoms with van der Waals surface area (Å²) in [6.45, 7) is 0. The Bertz CT molecular complexity index is 613. The quantitative estimate of drug-likeness (QED) is 0.759. The van der Waals surface area contributed by atoms with Crippen molar-refractivity contribution in [3.63, 3.8) is 0 Å². The van der Waals surface area contributed by atoms with E-state index in [1.165, 1.54) is 0 Å². The van der Waals surface area contributed by atoms with Crippen molar-refractivity contribution in [2.75, 3.05) is 0 Å². The Morgan fingerprint density at radius 3 is 2.14 bits per heavy atom. The van der Waals surface area contributed by atoms with Crippen LogP contribution in [-0.4, -0.2) is 11.1 Å². The molecule has 21 heavy (non-hydrogen) atoms. The van der Waals surface area contributed by atoms with Gasteiger partial charge in [0.2, 0.25) is 0 Å². The van der Waals surface area contributed by atoms with E-state index in [9.17, 15) is 4.79 Å². The minimum atomic E-state index is -2.18. The highest BCUT2D eigenvalue weighted by molar-refractivity contribution is 7.35. The summed E-state index contributed by atoms with van der Waals surface area (Å²) in [6, 6.07) is 16.2. The number of hydrogen-bond acceptors (Lipinski definition) is 4. The number of carboxylic acids is 1. The van der Waals surface area contributed by atoms with Gasteiger partial charge in [-0.3, -0.25) is 9.96 Å². The van der Waals surface area contributed by atoms with Crippen LogP contribution in [0.15, 0.2) is 54.6 Å². The molecule has 0 saturated heterocycles. The Labute approximate surface area is 123 Å². The summed E-state index contributed by atoms with van der Waals surface area (Å²) in [5.41, 5.74) is 0.924. The van der Waals surface area contributed by atoms with Gasteiger partial charge >= 0.3 is 5.97 Å². The van der Waals surface area contributed by atoms with Gasteiger partial charge in [0.05, 0.1) is 0 Å². The summed E-state index contributed by atoms with van der Waals surface area (Å²) in [7, 11) is -2.18. The average molecular weight is 305 g/mol. The number of aryl methyl sites for hydroxylation is 1. The maximum atomic E-state index is 10.5. The predicted octanol–water partition coefficient (Wildman–Crippen LogP) is 3.97. The van der Waals surface area contributed by atoms with Crippen LogP contribution in [-0.2, 0) is 11.2 Å². The summed E-state index contributed by atoms with van der Waals surface area (Å²) >= 11 is 0. The zero-order valence-electron chi connectivity index (χ0n) is 11.3. The molecular weight excluding hydrogens is 289 g/mol. The maximum absolute atomic E-state index is 10.5. The van der Waals surface area contributed by atoms with Crippen LogP contribution < -0.4 is 9.05 Å². The van der Waals surface area contributed by atoms with Gasteiger partial charge in [-0.05, 0) is 36.2 Å². The zero-order chi connectivity index (χ0) is 15.1. The lowest BCUT2D eigenvalue weighted by Gasteiger charge is -2.10. The lowest BCUT2D eigenvalue weighted by molar-refractivity contribution is -0.136. The minimum Gasteiger partial charge on any atom is -0.481 e. The molecule has 1 unspecified atom stereocenters. The van der Waals surface area contributed by atoms with Gasteiger partial charge < -0.3 is 14.2 Å². The van der Waals surface area contributed by atoms with Crippen LogP contribution in [0.1, 0.15) is 12.0 Å². The molecule has 1 atom stereocenters.